The number of para-hydroxylation sites is 1. The summed E-state index contributed by atoms with van der Waals surface area (Å²) in [5.74, 6) is -1.40. The van der Waals surface area contributed by atoms with Gasteiger partial charge >= 0.3 is 6.03 Å². The molecule has 0 radical (unpaired) electrons. The van der Waals surface area contributed by atoms with E-state index in [-0.39, 0.29) is 29.6 Å². The van der Waals surface area contributed by atoms with E-state index in [1.165, 1.54) is 13.2 Å². The zero-order valence-electron chi connectivity index (χ0n) is 20.8. The van der Waals surface area contributed by atoms with E-state index in [1.54, 1.807) is 42.5 Å². The van der Waals surface area contributed by atoms with Crippen LogP contribution in [0.4, 0.5) is 16.2 Å². The zero-order valence-corrected chi connectivity index (χ0v) is 22.4. The standard InChI is InChI=1S/C28H24BrN3O6/c1-16-9-10-19(11-17(16)2)30-24(33)15-38-25-22(29)13-18(14-23(25)37-3)12-21-26(34)31-28(36)32(27(21)35)20-7-5-4-6-8-20/h4-14H,15H2,1-3H3,(H,30,33)(H,31,34,36)/b21-12-. The van der Waals surface area contributed by atoms with Gasteiger partial charge in [0.05, 0.1) is 17.3 Å². The molecule has 9 nitrogen and oxygen atoms in total. The van der Waals surface area contributed by atoms with Crippen LogP contribution in [-0.2, 0) is 14.4 Å². The Morgan fingerprint density at radius 2 is 1.76 bits per heavy atom. The Hall–Kier alpha value is -4.44. The van der Waals surface area contributed by atoms with Crippen molar-refractivity contribution < 1.29 is 28.7 Å². The number of urea groups is 1. The Labute approximate surface area is 227 Å². The van der Waals surface area contributed by atoms with Crippen LogP contribution >= 0.6 is 15.9 Å². The van der Waals surface area contributed by atoms with Crippen molar-refractivity contribution in [3.05, 3.63) is 87.4 Å². The molecule has 0 saturated carbocycles. The van der Waals surface area contributed by atoms with E-state index >= 15 is 0 Å². The predicted octanol–water partition coefficient (Wildman–Crippen LogP) is 4.76. The van der Waals surface area contributed by atoms with Crippen LogP contribution < -0.4 is 25.0 Å². The Morgan fingerprint density at radius 3 is 2.45 bits per heavy atom. The van der Waals surface area contributed by atoms with Crippen molar-refractivity contribution in [1.29, 1.82) is 0 Å². The van der Waals surface area contributed by atoms with Gasteiger partial charge in [0.25, 0.3) is 17.7 Å². The molecule has 0 spiro atoms. The predicted molar refractivity (Wildman–Crippen MR) is 146 cm³/mol. The quantitative estimate of drug-likeness (QED) is 0.309. The van der Waals surface area contributed by atoms with Crippen molar-refractivity contribution in [2.24, 2.45) is 0 Å². The van der Waals surface area contributed by atoms with Crippen LogP contribution in [0.1, 0.15) is 16.7 Å². The van der Waals surface area contributed by atoms with Gasteiger partial charge in [-0.1, -0.05) is 24.3 Å². The normalized spacial score (nSPS) is 14.4. The van der Waals surface area contributed by atoms with E-state index in [4.69, 9.17) is 9.47 Å². The van der Waals surface area contributed by atoms with Crippen LogP contribution in [0.2, 0.25) is 0 Å². The summed E-state index contributed by atoms with van der Waals surface area (Å²) in [5.41, 5.74) is 3.36. The van der Waals surface area contributed by atoms with Crippen molar-refractivity contribution >= 4 is 57.1 Å². The van der Waals surface area contributed by atoms with Gasteiger partial charge in [0, 0.05) is 5.69 Å². The third-order valence-corrected chi connectivity index (χ3v) is 6.41. The third-order valence-electron chi connectivity index (χ3n) is 5.82. The number of carbonyl (C=O) groups is 4. The zero-order chi connectivity index (χ0) is 27.4. The summed E-state index contributed by atoms with van der Waals surface area (Å²) in [6, 6.07) is 16.2. The number of aryl methyl sites for hydroxylation is 2. The first-order valence-corrected chi connectivity index (χ1v) is 12.3. The molecule has 1 saturated heterocycles. The highest BCUT2D eigenvalue weighted by molar-refractivity contribution is 9.10. The van der Waals surface area contributed by atoms with E-state index in [0.29, 0.717) is 21.4 Å². The lowest BCUT2D eigenvalue weighted by molar-refractivity contribution is -0.122. The first-order valence-electron chi connectivity index (χ1n) is 11.5. The molecule has 3 aromatic carbocycles. The summed E-state index contributed by atoms with van der Waals surface area (Å²) < 4.78 is 11.6. The number of anilines is 2. The fourth-order valence-electron chi connectivity index (χ4n) is 3.75. The van der Waals surface area contributed by atoms with Crippen molar-refractivity contribution in [2.75, 3.05) is 23.9 Å². The first-order chi connectivity index (χ1) is 18.2. The van der Waals surface area contributed by atoms with Gasteiger partial charge in [-0.15, -0.1) is 0 Å². The van der Waals surface area contributed by atoms with Crippen LogP contribution in [0.25, 0.3) is 6.08 Å². The minimum absolute atomic E-state index is 0.233. The second-order valence-electron chi connectivity index (χ2n) is 8.46. The Morgan fingerprint density at radius 1 is 1.03 bits per heavy atom. The van der Waals surface area contributed by atoms with Crippen LogP contribution in [-0.4, -0.2) is 37.5 Å². The average Bonchev–Trinajstić information content (AvgIpc) is 2.88. The first kappa shape index (κ1) is 26.6. The van der Waals surface area contributed by atoms with Crippen LogP contribution in [0.15, 0.2) is 70.7 Å². The molecular weight excluding hydrogens is 554 g/mol. The lowest BCUT2D eigenvalue weighted by atomic mass is 10.1. The fourth-order valence-corrected chi connectivity index (χ4v) is 4.33. The van der Waals surface area contributed by atoms with Gasteiger partial charge < -0.3 is 14.8 Å². The molecule has 0 bridgehead atoms. The second-order valence-corrected chi connectivity index (χ2v) is 9.32. The second kappa shape index (κ2) is 11.3. The largest absolute Gasteiger partial charge is 0.493 e. The highest BCUT2D eigenvalue weighted by Gasteiger charge is 2.36. The van der Waals surface area contributed by atoms with Crippen LogP contribution in [0, 0.1) is 13.8 Å². The molecule has 38 heavy (non-hydrogen) atoms. The maximum Gasteiger partial charge on any atom is 0.335 e. The van der Waals surface area contributed by atoms with Crippen LogP contribution in [0.3, 0.4) is 0 Å². The number of methoxy groups -OCH3 is 1. The molecule has 1 fully saturated rings. The monoisotopic (exact) mass is 577 g/mol. The Bertz CT molecular complexity index is 1470. The van der Waals surface area contributed by atoms with Crippen molar-refractivity contribution in [1.82, 2.24) is 5.32 Å². The molecule has 1 heterocycles. The molecule has 194 valence electrons. The summed E-state index contributed by atoms with van der Waals surface area (Å²) in [6.45, 7) is 3.67. The summed E-state index contributed by atoms with van der Waals surface area (Å²) in [5, 5.41) is 4.98. The minimum Gasteiger partial charge on any atom is -0.493 e. The van der Waals surface area contributed by atoms with Crippen molar-refractivity contribution in [2.45, 2.75) is 13.8 Å². The number of halogens is 1. The highest BCUT2D eigenvalue weighted by atomic mass is 79.9. The maximum absolute atomic E-state index is 13.1. The van der Waals surface area contributed by atoms with E-state index in [1.807, 2.05) is 32.0 Å². The highest BCUT2D eigenvalue weighted by Crippen LogP contribution is 2.37. The summed E-state index contributed by atoms with van der Waals surface area (Å²) in [7, 11) is 1.43. The van der Waals surface area contributed by atoms with Crippen LogP contribution in [0.5, 0.6) is 11.5 Å². The summed E-state index contributed by atoms with van der Waals surface area (Å²) in [6.07, 6.45) is 1.35. The fraction of sp³-hybridized carbons (Fsp3) is 0.143. The number of benzene rings is 3. The molecule has 0 aromatic heterocycles. The molecule has 0 unspecified atom stereocenters. The van der Waals surface area contributed by atoms with Gasteiger partial charge in [-0.25, -0.2) is 9.69 Å². The lowest BCUT2D eigenvalue weighted by Gasteiger charge is -2.26. The molecule has 4 rings (SSSR count). The van der Waals surface area contributed by atoms with Crippen molar-refractivity contribution in [3.8, 4) is 11.5 Å². The SMILES string of the molecule is COc1cc(/C=C2/C(=O)NC(=O)N(c3ccccc3)C2=O)cc(Br)c1OCC(=O)Nc1ccc(C)c(C)c1. The van der Waals surface area contributed by atoms with Gasteiger partial charge in [-0.05, 0) is 88.9 Å². The molecule has 0 aliphatic carbocycles. The average molecular weight is 578 g/mol. The number of rotatable bonds is 7. The van der Waals surface area contributed by atoms with E-state index in [2.05, 4.69) is 26.6 Å². The lowest BCUT2D eigenvalue weighted by Crippen LogP contribution is -2.54. The molecule has 1 aliphatic heterocycles. The number of amides is 5. The van der Waals surface area contributed by atoms with Gasteiger partial charge in [0.2, 0.25) is 0 Å². The number of hydrogen-bond acceptors (Lipinski definition) is 6. The summed E-state index contributed by atoms with van der Waals surface area (Å²) in [4.78, 5) is 51.3. The molecular formula is C28H24BrN3O6. The van der Waals surface area contributed by atoms with E-state index in [9.17, 15) is 19.2 Å². The molecule has 0 atom stereocenters. The Balaban J connectivity index is 1.54. The van der Waals surface area contributed by atoms with Gasteiger partial charge in [0.1, 0.15) is 5.57 Å². The van der Waals surface area contributed by atoms with Gasteiger partial charge in [-0.3, -0.25) is 19.7 Å². The number of imide groups is 2. The third kappa shape index (κ3) is 5.76. The van der Waals surface area contributed by atoms with Crippen molar-refractivity contribution in [3.63, 3.8) is 0 Å². The number of hydrogen-bond donors (Lipinski definition) is 2. The maximum atomic E-state index is 13.1. The summed E-state index contributed by atoms with van der Waals surface area (Å²) >= 11 is 3.41. The molecule has 3 aromatic rings. The van der Waals surface area contributed by atoms with E-state index in [0.717, 1.165) is 16.0 Å². The molecule has 10 heteroatoms. The minimum atomic E-state index is -0.829. The molecule has 5 amide bonds. The smallest absolute Gasteiger partial charge is 0.335 e. The number of barbiturate groups is 1. The van der Waals surface area contributed by atoms with Gasteiger partial charge in [0.15, 0.2) is 18.1 Å². The Kier molecular flexibility index (Phi) is 7.92. The van der Waals surface area contributed by atoms with Gasteiger partial charge in [-0.2, -0.15) is 0 Å². The number of nitrogens with zero attached hydrogens (tertiary/aromatic N) is 1. The molecule has 1 aliphatic rings. The number of nitrogens with one attached hydrogen (secondary N) is 2. The molecule has 2 N–H and O–H groups in total. The topological polar surface area (TPSA) is 114 Å². The number of ether oxygens (including phenoxy) is 2. The van der Waals surface area contributed by atoms with E-state index < -0.39 is 17.8 Å². The number of carbonyl (C=O) groups excluding carboxylic acids is 4.